The molecule has 1 aliphatic carbocycles. The molecule has 1 aliphatic rings. The zero-order valence-corrected chi connectivity index (χ0v) is 20.6. The number of alkyl halides is 3. The van der Waals surface area contributed by atoms with Gasteiger partial charge in [-0.25, -0.2) is 9.59 Å². The van der Waals surface area contributed by atoms with Gasteiger partial charge in [0.25, 0.3) is 0 Å². The van der Waals surface area contributed by atoms with Crippen molar-refractivity contribution in [1.29, 1.82) is 0 Å². The van der Waals surface area contributed by atoms with Gasteiger partial charge >= 0.3 is 18.1 Å². The number of hydrogen-bond donors (Lipinski definition) is 3. The van der Waals surface area contributed by atoms with E-state index >= 15 is 0 Å². The molecule has 0 saturated carbocycles. The number of fused-ring (bicyclic) bond motifs is 3. The van der Waals surface area contributed by atoms with Crippen molar-refractivity contribution in [1.82, 2.24) is 20.1 Å². The molecule has 8 nitrogen and oxygen atoms in total. The number of pyridine rings is 1. The summed E-state index contributed by atoms with van der Waals surface area (Å²) >= 11 is 3.45. The standard InChI is InChI=1S/C22H23BrN4O2.C2HF3O2/c23-17-5-2-15(3-6-17)8-11-24-10-1-13-27-21(22(28)29)19-7-4-16-14-25-12-9-18(16)20(19)26-27;3-2(4,5)1(6)7/h2-3,5-6,9,12,14,24H,1,4,7-8,10-11,13H2,(H,28,29);(H,6,7). The van der Waals surface area contributed by atoms with Crippen LogP contribution < -0.4 is 5.32 Å². The second-order valence-electron chi connectivity index (χ2n) is 8.02. The minimum atomic E-state index is -5.08. The Bertz CT molecular complexity index is 1210. The van der Waals surface area contributed by atoms with Gasteiger partial charge in [-0.2, -0.15) is 18.3 Å². The minimum Gasteiger partial charge on any atom is -0.477 e. The summed E-state index contributed by atoms with van der Waals surface area (Å²) in [5.41, 5.74) is 5.42. The van der Waals surface area contributed by atoms with Crippen molar-refractivity contribution in [2.24, 2.45) is 0 Å². The normalized spacial score (nSPS) is 12.2. The van der Waals surface area contributed by atoms with Crippen molar-refractivity contribution >= 4 is 27.9 Å². The van der Waals surface area contributed by atoms with Gasteiger partial charge in [0.2, 0.25) is 0 Å². The minimum absolute atomic E-state index is 0.331. The Hall–Kier alpha value is -3.25. The Kier molecular flexibility index (Phi) is 9.21. The van der Waals surface area contributed by atoms with Gasteiger partial charge in [0.15, 0.2) is 0 Å². The van der Waals surface area contributed by atoms with Crippen molar-refractivity contribution in [3.8, 4) is 11.3 Å². The Morgan fingerprint density at radius 2 is 1.78 bits per heavy atom. The summed E-state index contributed by atoms with van der Waals surface area (Å²) in [5, 5.41) is 25.0. The average Bonchev–Trinajstić information content (AvgIpc) is 3.21. The third-order valence-corrected chi connectivity index (χ3v) is 6.05. The van der Waals surface area contributed by atoms with Crippen LogP contribution in [0.2, 0.25) is 0 Å². The van der Waals surface area contributed by atoms with Gasteiger partial charge in [-0.15, -0.1) is 0 Å². The van der Waals surface area contributed by atoms with E-state index in [-0.39, 0.29) is 0 Å². The SMILES string of the molecule is O=C(O)C(F)(F)F.O=C(O)c1c2c(nn1CCCNCCc1ccc(Br)cc1)-c1ccncc1CC2. The van der Waals surface area contributed by atoms with Crippen LogP contribution in [0.1, 0.15) is 33.6 Å². The van der Waals surface area contributed by atoms with Crippen LogP contribution in [0, 0.1) is 0 Å². The lowest BCUT2D eigenvalue weighted by Gasteiger charge is -2.14. The predicted molar refractivity (Wildman–Crippen MR) is 129 cm³/mol. The van der Waals surface area contributed by atoms with Gasteiger partial charge in [0.1, 0.15) is 5.69 Å². The molecule has 0 aliphatic heterocycles. The van der Waals surface area contributed by atoms with E-state index in [1.54, 1.807) is 10.9 Å². The van der Waals surface area contributed by atoms with E-state index in [1.165, 1.54) is 5.56 Å². The predicted octanol–water partition coefficient (Wildman–Crippen LogP) is 4.36. The maximum Gasteiger partial charge on any atom is 0.490 e. The summed E-state index contributed by atoms with van der Waals surface area (Å²) in [6.07, 6.45) is 1.80. The molecule has 0 amide bonds. The van der Waals surface area contributed by atoms with Crippen LogP contribution in [0.4, 0.5) is 13.2 Å². The highest BCUT2D eigenvalue weighted by molar-refractivity contribution is 9.10. The van der Waals surface area contributed by atoms with Gasteiger partial charge in [-0.1, -0.05) is 28.1 Å². The average molecular weight is 569 g/mol. The molecule has 0 bridgehead atoms. The van der Waals surface area contributed by atoms with E-state index in [1.807, 2.05) is 12.3 Å². The lowest BCUT2D eigenvalue weighted by Crippen LogP contribution is -2.21. The fourth-order valence-corrected chi connectivity index (χ4v) is 4.10. The molecule has 2 aromatic heterocycles. The lowest BCUT2D eigenvalue weighted by atomic mass is 9.90. The molecular formula is C24H24BrF3N4O4. The van der Waals surface area contributed by atoms with Crippen LogP contribution in [0.15, 0.2) is 47.2 Å². The van der Waals surface area contributed by atoms with Gasteiger partial charge in [-0.05, 0) is 68.1 Å². The smallest absolute Gasteiger partial charge is 0.477 e. The summed E-state index contributed by atoms with van der Waals surface area (Å²) in [4.78, 5) is 25.0. The van der Waals surface area contributed by atoms with Crippen LogP contribution in [-0.2, 0) is 30.6 Å². The number of rotatable bonds is 8. The number of aryl methyl sites for hydroxylation is 2. The Balaban J connectivity index is 0.000000454. The number of hydrogen-bond acceptors (Lipinski definition) is 5. The maximum absolute atomic E-state index is 11.9. The molecule has 12 heteroatoms. The number of aromatic carboxylic acids is 1. The zero-order valence-electron chi connectivity index (χ0n) is 19.1. The first kappa shape index (κ1) is 27.3. The van der Waals surface area contributed by atoms with Gasteiger partial charge in [0.05, 0.1) is 5.69 Å². The Morgan fingerprint density at radius 1 is 1.08 bits per heavy atom. The first-order valence-electron chi connectivity index (χ1n) is 11.1. The van der Waals surface area contributed by atoms with Crippen molar-refractivity contribution in [3.63, 3.8) is 0 Å². The second-order valence-corrected chi connectivity index (χ2v) is 8.94. The molecule has 0 radical (unpaired) electrons. The fourth-order valence-electron chi connectivity index (χ4n) is 3.83. The number of aliphatic carboxylic acids is 1. The molecule has 1 aromatic carbocycles. The molecule has 3 N–H and O–H groups in total. The molecule has 4 rings (SSSR count). The zero-order chi connectivity index (χ0) is 26.3. The highest BCUT2D eigenvalue weighted by Gasteiger charge is 2.38. The third-order valence-electron chi connectivity index (χ3n) is 5.53. The summed E-state index contributed by atoms with van der Waals surface area (Å²) in [7, 11) is 0. The van der Waals surface area contributed by atoms with Gasteiger partial charge in [-0.3, -0.25) is 9.67 Å². The number of halogens is 4. The molecule has 192 valence electrons. The number of carboxylic acids is 2. The van der Waals surface area contributed by atoms with Crippen LogP contribution >= 0.6 is 15.9 Å². The number of benzene rings is 1. The lowest BCUT2D eigenvalue weighted by molar-refractivity contribution is -0.192. The molecule has 0 unspecified atom stereocenters. The molecule has 0 fully saturated rings. The Labute approximate surface area is 213 Å². The molecule has 36 heavy (non-hydrogen) atoms. The van der Waals surface area contributed by atoms with E-state index in [2.05, 4.69) is 55.6 Å². The first-order valence-corrected chi connectivity index (χ1v) is 11.9. The van der Waals surface area contributed by atoms with E-state index < -0.39 is 18.1 Å². The summed E-state index contributed by atoms with van der Waals surface area (Å²) in [6, 6.07) is 10.3. The molecular weight excluding hydrogens is 545 g/mol. The third kappa shape index (κ3) is 7.14. The molecule has 2 heterocycles. The largest absolute Gasteiger partial charge is 0.490 e. The van der Waals surface area contributed by atoms with Crippen molar-refractivity contribution in [2.45, 2.75) is 38.4 Å². The molecule has 0 atom stereocenters. The van der Waals surface area contributed by atoms with E-state index in [4.69, 9.17) is 9.90 Å². The summed E-state index contributed by atoms with van der Waals surface area (Å²) in [5.74, 6) is -3.66. The molecule has 3 aromatic rings. The Morgan fingerprint density at radius 3 is 2.42 bits per heavy atom. The van der Waals surface area contributed by atoms with Gasteiger partial charge in [0, 0.05) is 34.5 Å². The van der Waals surface area contributed by atoms with E-state index in [0.717, 1.165) is 59.2 Å². The highest BCUT2D eigenvalue weighted by atomic mass is 79.9. The van der Waals surface area contributed by atoms with Crippen LogP contribution in [-0.4, -0.2) is 56.2 Å². The maximum atomic E-state index is 11.9. The van der Waals surface area contributed by atoms with Gasteiger partial charge < -0.3 is 15.5 Å². The van der Waals surface area contributed by atoms with Crippen LogP contribution in [0.5, 0.6) is 0 Å². The highest BCUT2D eigenvalue weighted by Crippen LogP contribution is 2.34. The number of carboxylic acid groups (broad SMARTS) is 2. The quantitative estimate of drug-likeness (QED) is 0.345. The molecule has 0 saturated heterocycles. The summed E-state index contributed by atoms with van der Waals surface area (Å²) in [6.45, 7) is 2.30. The molecule has 0 spiro atoms. The summed E-state index contributed by atoms with van der Waals surface area (Å²) < 4.78 is 34.5. The number of carbonyl (C=O) groups is 2. The number of nitrogens with one attached hydrogen (secondary N) is 1. The fraction of sp³-hybridized carbons (Fsp3) is 0.333. The number of nitrogens with zero attached hydrogens (tertiary/aromatic N) is 3. The van der Waals surface area contributed by atoms with E-state index in [9.17, 15) is 23.1 Å². The van der Waals surface area contributed by atoms with E-state index in [0.29, 0.717) is 18.7 Å². The van der Waals surface area contributed by atoms with Crippen molar-refractivity contribution < 1.29 is 33.0 Å². The topological polar surface area (TPSA) is 117 Å². The monoisotopic (exact) mass is 568 g/mol. The number of aromatic nitrogens is 3. The van der Waals surface area contributed by atoms with Crippen molar-refractivity contribution in [3.05, 3.63) is 69.6 Å². The first-order chi connectivity index (χ1) is 17.1. The van der Waals surface area contributed by atoms with Crippen LogP contribution in [0.3, 0.4) is 0 Å². The van der Waals surface area contributed by atoms with Crippen molar-refractivity contribution in [2.75, 3.05) is 13.1 Å². The van der Waals surface area contributed by atoms with Crippen LogP contribution in [0.25, 0.3) is 11.3 Å². The second kappa shape index (κ2) is 12.1.